The second-order valence-electron chi connectivity index (χ2n) is 7.13. The third-order valence-electron chi connectivity index (χ3n) is 5.38. The van der Waals surface area contributed by atoms with E-state index >= 15 is 0 Å². The Morgan fingerprint density at radius 1 is 1.19 bits per heavy atom. The quantitative estimate of drug-likeness (QED) is 0.586. The number of allylic oxidation sites excluding steroid dienone is 2. The van der Waals surface area contributed by atoms with Crippen LogP contribution in [0.1, 0.15) is 61.5 Å². The maximum absolute atomic E-state index is 13.4. The number of amides is 1. The first-order chi connectivity index (χ1) is 12.5. The number of methoxy groups -OCH3 is 1. The zero-order valence-electron chi connectivity index (χ0n) is 15.3. The van der Waals surface area contributed by atoms with Crippen molar-refractivity contribution < 1.29 is 19.1 Å². The number of rotatable bonds is 4. The Morgan fingerprint density at radius 2 is 1.92 bits per heavy atom. The van der Waals surface area contributed by atoms with Crippen LogP contribution in [-0.2, 0) is 14.3 Å². The molecule has 0 N–H and O–H groups in total. The van der Waals surface area contributed by atoms with Gasteiger partial charge >= 0.3 is 5.97 Å². The molecule has 5 nitrogen and oxygen atoms in total. The van der Waals surface area contributed by atoms with Gasteiger partial charge in [0.15, 0.2) is 0 Å². The minimum absolute atomic E-state index is 0.0368. The summed E-state index contributed by atoms with van der Waals surface area (Å²) in [4.78, 5) is 39.5. The molecule has 1 atom stereocenters. The number of ketones is 1. The van der Waals surface area contributed by atoms with Crippen molar-refractivity contribution >= 4 is 34.7 Å². The van der Waals surface area contributed by atoms with E-state index in [9.17, 15) is 14.4 Å². The summed E-state index contributed by atoms with van der Waals surface area (Å²) >= 11 is 1.29. The number of thiophene rings is 1. The number of esters is 1. The molecule has 0 spiro atoms. The second-order valence-corrected chi connectivity index (χ2v) is 8.04. The SMILES string of the molecule is COC(=O)c1sccc1N(C(=O)C1CC=C(C)CC1)C1CCC(=O)CC1. The van der Waals surface area contributed by atoms with Gasteiger partial charge in [0.25, 0.3) is 0 Å². The fourth-order valence-electron chi connectivity index (χ4n) is 3.80. The molecule has 0 radical (unpaired) electrons. The van der Waals surface area contributed by atoms with Crippen molar-refractivity contribution in [3.63, 3.8) is 0 Å². The predicted molar refractivity (Wildman–Crippen MR) is 102 cm³/mol. The lowest BCUT2D eigenvalue weighted by atomic mass is 9.87. The molecule has 26 heavy (non-hydrogen) atoms. The van der Waals surface area contributed by atoms with E-state index in [1.165, 1.54) is 24.0 Å². The van der Waals surface area contributed by atoms with Crippen molar-refractivity contribution in [3.8, 4) is 0 Å². The van der Waals surface area contributed by atoms with Gasteiger partial charge in [0.1, 0.15) is 10.7 Å². The highest BCUT2D eigenvalue weighted by molar-refractivity contribution is 7.12. The molecule has 6 heteroatoms. The lowest BCUT2D eigenvalue weighted by molar-refractivity contribution is -0.125. The molecular weight excluding hydrogens is 350 g/mol. The van der Waals surface area contributed by atoms with Crippen LogP contribution in [-0.4, -0.2) is 30.8 Å². The number of carbonyl (C=O) groups is 3. The van der Waals surface area contributed by atoms with Gasteiger partial charge < -0.3 is 9.64 Å². The first kappa shape index (κ1) is 18.8. The van der Waals surface area contributed by atoms with Crippen LogP contribution in [0.25, 0.3) is 0 Å². The fourth-order valence-corrected chi connectivity index (χ4v) is 4.60. The van der Waals surface area contributed by atoms with Crippen LogP contribution < -0.4 is 4.90 Å². The van der Waals surface area contributed by atoms with Gasteiger partial charge in [-0.05, 0) is 50.5 Å². The highest BCUT2D eigenvalue weighted by Gasteiger charge is 2.35. The molecule has 140 valence electrons. The molecule has 0 aromatic carbocycles. The number of hydrogen-bond acceptors (Lipinski definition) is 5. The average molecular weight is 375 g/mol. The van der Waals surface area contributed by atoms with Crippen LogP contribution in [0.5, 0.6) is 0 Å². The molecule has 1 heterocycles. The van der Waals surface area contributed by atoms with Crippen LogP contribution >= 0.6 is 11.3 Å². The first-order valence-corrected chi connectivity index (χ1v) is 10.1. The Bertz CT molecular complexity index is 726. The number of ether oxygens (including phenoxy) is 1. The van der Waals surface area contributed by atoms with Crippen LogP contribution in [0.3, 0.4) is 0 Å². The van der Waals surface area contributed by atoms with Gasteiger partial charge in [0.05, 0.1) is 12.8 Å². The van der Waals surface area contributed by atoms with E-state index in [1.54, 1.807) is 4.90 Å². The third-order valence-corrected chi connectivity index (χ3v) is 6.26. The smallest absolute Gasteiger partial charge is 0.350 e. The molecule has 2 aliphatic carbocycles. The summed E-state index contributed by atoms with van der Waals surface area (Å²) in [6.45, 7) is 2.10. The highest BCUT2D eigenvalue weighted by Crippen LogP contribution is 2.36. The van der Waals surface area contributed by atoms with Gasteiger partial charge in [-0.3, -0.25) is 9.59 Å². The van der Waals surface area contributed by atoms with Crippen molar-refractivity contribution in [2.45, 2.75) is 57.9 Å². The van der Waals surface area contributed by atoms with E-state index in [2.05, 4.69) is 13.0 Å². The molecular formula is C20H25NO4S. The standard InChI is InChI=1S/C20H25NO4S/c1-13-3-5-14(6-4-13)19(23)21(15-7-9-16(22)10-8-15)17-11-12-26-18(17)20(24)25-2/h3,11-12,14-15H,4-10H2,1-2H3. The van der Waals surface area contributed by atoms with Gasteiger partial charge in [-0.2, -0.15) is 0 Å². The summed E-state index contributed by atoms with van der Waals surface area (Å²) in [5, 5.41) is 1.82. The van der Waals surface area contributed by atoms with Crippen molar-refractivity contribution in [2.75, 3.05) is 12.0 Å². The average Bonchev–Trinajstić information content (AvgIpc) is 3.12. The highest BCUT2D eigenvalue weighted by atomic mass is 32.1. The molecule has 1 amide bonds. The molecule has 1 aromatic rings. The summed E-state index contributed by atoms with van der Waals surface area (Å²) in [6.07, 6.45) is 6.95. The Hall–Kier alpha value is -1.95. The monoisotopic (exact) mass is 375 g/mol. The van der Waals surface area contributed by atoms with Crippen LogP contribution in [0, 0.1) is 5.92 Å². The Morgan fingerprint density at radius 3 is 2.54 bits per heavy atom. The molecule has 0 saturated heterocycles. The topological polar surface area (TPSA) is 63.7 Å². The van der Waals surface area contributed by atoms with Crippen molar-refractivity contribution in [3.05, 3.63) is 28.0 Å². The first-order valence-electron chi connectivity index (χ1n) is 9.17. The van der Waals surface area contributed by atoms with Gasteiger partial charge in [0.2, 0.25) is 5.91 Å². The lowest BCUT2D eigenvalue weighted by Crippen LogP contribution is -2.46. The minimum Gasteiger partial charge on any atom is -0.465 e. The number of hydrogen-bond donors (Lipinski definition) is 0. The Balaban J connectivity index is 1.92. The maximum atomic E-state index is 13.4. The van der Waals surface area contributed by atoms with Crippen molar-refractivity contribution in [2.24, 2.45) is 5.92 Å². The lowest BCUT2D eigenvalue weighted by Gasteiger charge is -2.36. The van der Waals surface area contributed by atoms with Crippen molar-refractivity contribution in [1.29, 1.82) is 0 Å². The van der Waals surface area contributed by atoms with Gasteiger partial charge in [0, 0.05) is 24.8 Å². The molecule has 1 aromatic heterocycles. The van der Waals surface area contributed by atoms with Crippen LogP contribution in [0.15, 0.2) is 23.1 Å². The van der Waals surface area contributed by atoms with E-state index in [4.69, 9.17) is 4.74 Å². The molecule has 1 saturated carbocycles. The molecule has 1 fully saturated rings. The van der Waals surface area contributed by atoms with E-state index in [-0.39, 0.29) is 23.7 Å². The van der Waals surface area contributed by atoms with Crippen molar-refractivity contribution in [1.82, 2.24) is 0 Å². The number of nitrogens with zero attached hydrogens (tertiary/aromatic N) is 1. The Kier molecular flexibility index (Phi) is 5.91. The number of carbonyl (C=O) groups excluding carboxylic acids is 3. The Labute approximate surface area is 158 Å². The second kappa shape index (κ2) is 8.16. The summed E-state index contributed by atoms with van der Waals surface area (Å²) < 4.78 is 4.90. The predicted octanol–water partition coefficient (Wildman–Crippen LogP) is 4.13. The summed E-state index contributed by atoms with van der Waals surface area (Å²) in [6, 6.07) is 1.79. The third kappa shape index (κ3) is 3.90. The van der Waals surface area contributed by atoms with Crippen LogP contribution in [0.2, 0.25) is 0 Å². The zero-order valence-corrected chi connectivity index (χ0v) is 16.1. The fraction of sp³-hybridized carbons (Fsp3) is 0.550. The van der Waals surface area contributed by atoms with E-state index in [0.717, 1.165) is 19.3 Å². The zero-order chi connectivity index (χ0) is 18.7. The summed E-state index contributed by atoms with van der Waals surface area (Å²) in [7, 11) is 1.35. The normalized spacial score (nSPS) is 21.2. The molecule has 2 aliphatic rings. The largest absolute Gasteiger partial charge is 0.465 e. The van der Waals surface area contributed by atoms with E-state index < -0.39 is 5.97 Å². The van der Waals surface area contributed by atoms with Gasteiger partial charge in [-0.15, -0.1) is 11.3 Å². The van der Waals surface area contributed by atoms with Gasteiger partial charge in [-0.1, -0.05) is 11.6 Å². The number of anilines is 1. The minimum atomic E-state index is -0.418. The maximum Gasteiger partial charge on any atom is 0.350 e. The molecule has 1 unspecified atom stereocenters. The summed E-state index contributed by atoms with van der Waals surface area (Å²) in [5.74, 6) is -0.166. The van der Waals surface area contributed by atoms with Crippen LogP contribution in [0.4, 0.5) is 5.69 Å². The molecule has 0 bridgehead atoms. The van der Waals surface area contributed by atoms with E-state index in [0.29, 0.717) is 36.2 Å². The summed E-state index contributed by atoms with van der Waals surface area (Å²) in [5.41, 5.74) is 1.96. The molecule has 3 rings (SSSR count). The van der Waals surface area contributed by atoms with E-state index in [1.807, 2.05) is 11.4 Å². The molecule has 0 aliphatic heterocycles. The number of Topliss-reactive ketones (excluding diaryl/α,β-unsaturated/α-hetero) is 1. The van der Waals surface area contributed by atoms with Gasteiger partial charge in [-0.25, -0.2) is 4.79 Å².